The molecule has 4 atom stereocenters. The van der Waals surface area contributed by atoms with E-state index in [1.165, 1.54) is 5.56 Å². The van der Waals surface area contributed by atoms with Crippen molar-refractivity contribution in [2.75, 3.05) is 6.61 Å². The summed E-state index contributed by atoms with van der Waals surface area (Å²) in [6.45, 7) is 18.6. The Morgan fingerprint density at radius 2 is 1.80 bits per heavy atom. The lowest BCUT2D eigenvalue weighted by Gasteiger charge is -2.51. The van der Waals surface area contributed by atoms with Gasteiger partial charge < -0.3 is 13.9 Å². The average molecular weight is 431 g/mol. The Labute approximate surface area is 185 Å². The van der Waals surface area contributed by atoms with E-state index in [1.54, 1.807) is 0 Å². The van der Waals surface area contributed by atoms with Crippen molar-refractivity contribution < 1.29 is 13.9 Å². The molecule has 1 heterocycles. The Kier molecular flexibility index (Phi) is 10.0. The van der Waals surface area contributed by atoms with E-state index in [4.69, 9.17) is 13.9 Å². The van der Waals surface area contributed by atoms with Crippen LogP contribution in [-0.2, 0) is 20.5 Å². The summed E-state index contributed by atoms with van der Waals surface area (Å²) in [5.41, 5.74) is 0.981. The van der Waals surface area contributed by atoms with Gasteiger partial charge in [-0.1, -0.05) is 70.2 Å². The lowest BCUT2D eigenvalue weighted by atomic mass is 9.73. The van der Waals surface area contributed by atoms with Gasteiger partial charge in [-0.05, 0) is 43.0 Å². The third-order valence-corrected chi connectivity index (χ3v) is 11.7. The van der Waals surface area contributed by atoms with E-state index in [0.29, 0.717) is 13.2 Å². The molecule has 0 aliphatic carbocycles. The molecule has 1 fully saturated rings. The van der Waals surface area contributed by atoms with Gasteiger partial charge in [0.25, 0.3) is 0 Å². The maximum Gasteiger partial charge on any atom is 0.192 e. The maximum absolute atomic E-state index is 7.03. The van der Waals surface area contributed by atoms with Crippen LogP contribution in [0.15, 0.2) is 55.6 Å². The minimum Gasteiger partial charge on any atom is -0.413 e. The molecule has 0 saturated carbocycles. The van der Waals surface area contributed by atoms with Crippen LogP contribution in [0.2, 0.25) is 18.1 Å². The van der Waals surface area contributed by atoms with Gasteiger partial charge in [-0.2, -0.15) is 0 Å². The summed E-state index contributed by atoms with van der Waals surface area (Å²) >= 11 is 0. The summed E-state index contributed by atoms with van der Waals surface area (Å²) in [6, 6.07) is 13.8. The molecule has 1 aromatic rings. The molecule has 2 rings (SSSR count). The lowest BCUT2D eigenvalue weighted by molar-refractivity contribution is -0.162. The predicted octanol–water partition coefficient (Wildman–Crippen LogP) is 6.91. The second kappa shape index (κ2) is 12.0. The summed E-state index contributed by atoms with van der Waals surface area (Å²) < 4.78 is 19.6. The molecule has 1 saturated heterocycles. The first-order valence-electron chi connectivity index (χ1n) is 11.7. The molecule has 0 bridgehead atoms. The van der Waals surface area contributed by atoms with Gasteiger partial charge in [-0.3, -0.25) is 0 Å². The second-order valence-corrected chi connectivity index (χ2v) is 13.5. The minimum absolute atomic E-state index is 0.0340. The van der Waals surface area contributed by atoms with Crippen LogP contribution in [0.5, 0.6) is 0 Å². The third kappa shape index (κ3) is 6.16. The molecule has 168 valence electrons. The number of hydrogen-bond donors (Lipinski definition) is 0. The molecular weight excluding hydrogens is 388 g/mol. The monoisotopic (exact) mass is 430 g/mol. The minimum atomic E-state index is -1.73. The Bertz CT molecular complexity index is 635. The van der Waals surface area contributed by atoms with E-state index in [-0.39, 0.29) is 23.7 Å². The fourth-order valence-electron chi connectivity index (χ4n) is 4.55. The van der Waals surface area contributed by atoms with Crippen LogP contribution >= 0.6 is 0 Å². The van der Waals surface area contributed by atoms with Crippen LogP contribution < -0.4 is 0 Å². The zero-order valence-electron chi connectivity index (χ0n) is 19.6. The van der Waals surface area contributed by atoms with Crippen LogP contribution in [0.4, 0.5) is 0 Å². The highest BCUT2D eigenvalue weighted by Crippen LogP contribution is 2.44. The van der Waals surface area contributed by atoms with Crippen molar-refractivity contribution in [3.8, 4) is 0 Å². The highest BCUT2D eigenvalue weighted by molar-refractivity contribution is 6.73. The summed E-state index contributed by atoms with van der Waals surface area (Å²) in [5, 5.41) is 0. The Hall–Kier alpha value is -1.20. The van der Waals surface area contributed by atoms with Gasteiger partial charge in [0.2, 0.25) is 0 Å². The number of hydrogen-bond acceptors (Lipinski definition) is 3. The average Bonchev–Trinajstić information content (AvgIpc) is 2.78. The summed E-state index contributed by atoms with van der Waals surface area (Å²) in [5.74, 6) is 0. The van der Waals surface area contributed by atoms with E-state index >= 15 is 0 Å². The fourth-order valence-corrected chi connectivity index (χ4v) is 7.50. The molecule has 30 heavy (non-hydrogen) atoms. The number of benzene rings is 1. The van der Waals surface area contributed by atoms with E-state index < -0.39 is 8.32 Å². The number of ether oxygens (including phenoxy) is 2. The second-order valence-electron chi connectivity index (χ2n) is 8.75. The van der Waals surface area contributed by atoms with Crippen LogP contribution in [0.1, 0.15) is 52.5 Å². The van der Waals surface area contributed by atoms with Crippen molar-refractivity contribution in [2.45, 2.75) is 90.0 Å². The molecule has 0 amide bonds. The van der Waals surface area contributed by atoms with Gasteiger partial charge in [-0.25, -0.2) is 0 Å². The van der Waals surface area contributed by atoms with Gasteiger partial charge in [0.1, 0.15) is 0 Å². The molecule has 0 aromatic heterocycles. The molecule has 0 radical (unpaired) electrons. The maximum atomic E-state index is 7.03. The van der Waals surface area contributed by atoms with Crippen LogP contribution in [0.25, 0.3) is 0 Å². The summed E-state index contributed by atoms with van der Waals surface area (Å²) in [4.78, 5) is 0. The predicted molar refractivity (Wildman–Crippen MR) is 129 cm³/mol. The molecule has 0 N–H and O–H groups in total. The van der Waals surface area contributed by atoms with Crippen LogP contribution in [0.3, 0.4) is 0 Å². The van der Waals surface area contributed by atoms with Gasteiger partial charge in [-0.15, -0.1) is 13.2 Å². The standard InChI is InChI=1S/C26H42O3Si/c1-7-15-23-20-25(29-30(9-3,10-4)11-5)26(6,8-2)24(28-23)18-19-27-21-22-16-13-12-14-17-22/h7-8,12-14,16-17,23-25H,1-2,9-11,15,18-21H2,3-6H3/t23-,24+,25-,26+/m1/s1. The normalized spacial score (nSPS) is 27.0. The molecule has 0 spiro atoms. The smallest absolute Gasteiger partial charge is 0.192 e. The van der Waals surface area contributed by atoms with Gasteiger partial charge in [0.15, 0.2) is 8.32 Å². The molecule has 1 aromatic carbocycles. The third-order valence-electron chi connectivity index (χ3n) is 7.05. The topological polar surface area (TPSA) is 27.7 Å². The first kappa shape index (κ1) is 25.1. The van der Waals surface area contributed by atoms with Gasteiger partial charge >= 0.3 is 0 Å². The Morgan fingerprint density at radius 1 is 1.13 bits per heavy atom. The van der Waals surface area contributed by atoms with Crippen molar-refractivity contribution >= 4 is 8.32 Å². The fraction of sp³-hybridized carbons (Fsp3) is 0.615. The van der Waals surface area contributed by atoms with Crippen molar-refractivity contribution in [1.82, 2.24) is 0 Å². The van der Waals surface area contributed by atoms with E-state index in [9.17, 15) is 0 Å². The van der Waals surface area contributed by atoms with E-state index in [0.717, 1.165) is 37.4 Å². The molecule has 1 aliphatic heterocycles. The van der Waals surface area contributed by atoms with Crippen molar-refractivity contribution in [2.24, 2.45) is 5.41 Å². The van der Waals surface area contributed by atoms with Crippen molar-refractivity contribution in [3.63, 3.8) is 0 Å². The lowest BCUT2D eigenvalue weighted by Crippen LogP contribution is -2.56. The first-order chi connectivity index (χ1) is 14.5. The molecule has 4 heteroatoms. The van der Waals surface area contributed by atoms with Gasteiger partial charge in [0.05, 0.1) is 24.9 Å². The SMILES string of the molecule is C=CC[C@@H]1C[C@@H](O[Si](CC)(CC)CC)[C@@](C)(C=C)[C@H](CCOCc2ccccc2)O1. The van der Waals surface area contributed by atoms with Crippen molar-refractivity contribution in [3.05, 3.63) is 61.2 Å². The quantitative estimate of drug-likeness (QED) is 0.193. The van der Waals surface area contributed by atoms with Crippen LogP contribution in [-0.4, -0.2) is 33.2 Å². The molecule has 1 aliphatic rings. The highest BCUT2D eigenvalue weighted by atomic mass is 28.4. The zero-order chi connectivity index (χ0) is 22.0. The molecule has 0 unspecified atom stereocenters. The summed E-state index contributed by atoms with van der Waals surface area (Å²) in [6.07, 6.45) is 6.96. The Morgan fingerprint density at radius 3 is 2.37 bits per heavy atom. The Balaban J connectivity index is 2.11. The first-order valence-corrected chi connectivity index (χ1v) is 14.2. The molecule has 3 nitrogen and oxygen atoms in total. The van der Waals surface area contributed by atoms with E-state index in [1.807, 2.05) is 24.3 Å². The van der Waals surface area contributed by atoms with Crippen molar-refractivity contribution in [1.29, 1.82) is 0 Å². The van der Waals surface area contributed by atoms with Crippen LogP contribution in [0, 0.1) is 5.41 Å². The molecular formula is C26H42O3Si. The van der Waals surface area contributed by atoms with Gasteiger partial charge in [0, 0.05) is 12.0 Å². The summed E-state index contributed by atoms with van der Waals surface area (Å²) in [7, 11) is -1.73. The number of rotatable bonds is 13. The zero-order valence-corrected chi connectivity index (χ0v) is 20.6. The highest BCUT2D eigenvalue weighted by Gasteiger charge is 2.48. The van der Waals surface area contributed by atoms with E-state index in [2.05, 4.69) is 59.1 Å². The largest absolute Gasteiger partial charge is 0.413 e.